The van der Waals surface area contributed by atoms with Gasteiger partial charge in [0.15, 0.2) is 17.7 Å². The van der Waals surface area contributed by atoms with Crippen molar-refractivity contribution in [3.63, 3.8) is 0 Å². The summed E-state index contributed by atoms with van der Waals surface area (Å²) in [5.41, 5.74) is 1.81. The Balaban J connectivity index is 2.05. The van der Waals surface area contributed by atoms with Gasteiger partial charge >= 0.3 is 0 Å². The number of para-hydroxylation sites is 1. The second-order valence-corrected chi connectivity index (χ2v) is 4.80. The first kappa shape index (κ1) is 15.0. The molecule has 2 rings (SSSR count). The van der Waals surface area contributed by atoms with Gasteiger partial charge in [0.1, 0.15) is 0 Å². The lowest BCUT2D eigenvalue weighted by Gasteiger charge is -2.17. The second-order valence-electron chi connectivity index (χ2n) is 4.80. The van der Waals surface area contributed by atoms with E-state index < -0.39 is 11.9 Å². The number of carbonyl (C=O) groups excluding carboxylic acids is 1. The number of ether oxygens (including phenoxy) is 1. The Labute approximate surface area is 123 Å². The lowest BCUT2D eigenvalue weighted by molar-refractivity contribution is -0.122. The van der Waals surface area contributed by atoms with Crippen LogP contribution in [-0.2, 0) is 4.79 Å². The predicted octanol–water partition coefficient (Wildman–Crippen LogP) is 3.93. The quantitative estimate of drug-likeness (QED) is 0.905. The zero-order valence-electron chi connectivity index (χ0n) is 12.1. The van der Waals surface area contributed by atoms with E-state index in [1.165, 1.54) is 12.1 Å². The van der Waals surface area contributed by atoms with Crippen molar-refractivity contribution in [2.45, 2.75) is 26.4 Å². The first-order valence-electron chi connectivity index (χ1n) is 6.89. The van der Waals surface area contributed by atoms with Gasteiger partial charge in [-0.2, -0.15) is 0 Å². The number of halogens is 1. The van der Waals surface area contributed by atoms with E-state index in [2.05, 4.69) is 5.32 Å². The lowest BCUT2D eigenvalue weighted by Crippen LogP contribution is -2.32. The normalized spacial score (nSPS) is 11.8. The number of hydrogen-bond acceptors (Lipinski definition) is 2. The van der Waals surface area contributed by atoms with Crippen molar-refractivity contribution in [1.82, 2.24) is 0 Å². The van der Waals surface area contributed by atoms with Crippen LogP contribution in [0.2, 0.25) is 0 Å². The SMILES string of the molecule is CC[C@@H](Oc1ccccc1F)C(=O)Nc1ccc(C)cc1. The molecule has 1 amide bonds. The zero-order chi connectivity index (χ0) is 15.2. The van der Waals surface area contributed by atoms with Crippen LogP contribution in [0, 0.1) is 12.7 Å². The van der Waals surface area contributed by atoms with Gasteiger partial charge < -0.3 is 10.1 Å². The van der Waals surface area contributed by atoms with E-state index in [0.717, 1.165) is 5.56 Å². The Kier molecular flexibility index (Phi) is 4.93. The van der Waals surface area contributed by atoms with Crippen molar-refractivity contribution in [2.24, 2.45) is 0 Å². The van der Waals surface area contributed by atoms with Gasteiger partial charge in [-0.25, -0.2) is 4.39 Å². The Morgan fingerprint density at radius 1 is 1.19 bits per heavy atom. The molecule has 0 aliphatic heterocycles. The monoisotopic (exact) mass is 287 g/mol. The first-order chi connectivity index (χ1) is 10.1. The minimum atomic E-state index is -0.733. The predicted molar refractivity (Wildman–Crippen MR) is 80.9 cm³/mol. The molecule has 0 aromatic heterocycles. The lowest BCUT2D eigenvalue weighted by atomic mass is 10.2. The molecule has 0 saturated carbocycles. The Hall–Kier alpha value is -2.36. The van der Waals surface area contributed by atoms with Gasteiger partial charge in [0, 0.05) is 5.69 Å². The molecule has 2 aromatic carbocycles. The van der Waals surface area contributed by atoms with Crippen molar-refractivity contribution in [3.05, 3.63) is 59.9 Å². The molecule has 0 spiro atoms. The number of anilines is 1. The van der Waals surface area contributed by atoms with Crippen molar-refractivity contribution in [2.75, 3.05) is 5.32 Å². The Bertz CT molecular complexity index is 610. The fraction of sp³-hybridized carbons (Fsp3) is 0.235. The van der Waals surface area contributed by atoms with Gasteiger partial charge in [-0.1, -0.05) is 36.8 Å². The molecule has 0 aliphatic rings. The molecule has 0 heterocycles. The van der Waals surface area contributed by atoms with E-state index in [1.54, 1.807) is 12.1 Å². The molecule has 0 saturated heterocycles. The molecule has 1 atom stereocenters. The van der Waals surface area contributed by atoms with E-state index >= 15 is 0 Å². The van der Waals surface area contributed by atoms with Gasteiger partial charge in [0.25, 0.3) is 5.91 Å². The van der Waals surface area contributed by atoms with Crippen molar-refractivity contribution in [3.8, 4) is 5.75 Å². The van der Waals surface area contributed by atoms with Gasteiger partial charge in [-0.05, 0) is 37.6 Å². The number of rotatable bonds is 5. The van der Waals surface area contributed by atoms with Gasteiger partial charge in [0.2, 0.25) is 0 Å². The summed E-state index contributed by atoms with van der Waals surface area (Å²) < 4.78 is 19.0. The van der Waals surface area contributed by atoms with Crippen LogP contribution < -0.4 is 10.1 Å². The number of amides is 1. The average Bonchev–Trinajstić information content (AvgIpc) is 2.48. The van der Waals surface area contributed by atoms with E-state index in [1.807, 2.05) is 38.1 Å². The summed E-state index contributed by atoms with van der Waals surface area (Å²) in [6, 6.07) is 13.5. The molecule has 0 bridgehead atoms. The Morgan fingerprint density at radius 2 is 1.86 bits per heavy atom. The average molecular weight is 287 g/mol. The maximum absolute atomic E-state index is 13.6. The molecule has 110 valence electrons. The van der Waals surface area contributed by atoms with Crippen LogP contribution in [-0.4, -0.2) is 12.0 Å². The van der Waals surface area contributed by atoms with Crippen LogP contribution in [0.5, 0.6) is 5.75 Å². The third-order valence-electron chi connectivity index (χ3n) is 3.09. The van der Waals surface area contributed by atoms with Crippen LogP contribution in [0.15, 0.2) is 48.5 Å². The summed E-state index contributed by atoms with van der Waals surface area (Å²) in [5.74, 6) is -0.674. The van der Waals surface area contributed by atoms with Gasteiger partial charge in [0.05, 0.1) is 0 Å². The molecule has 0 radical (unpaired) electrons. The van der Waals surface area contributed by atoms with Crippen LogP contribution in [0.1, 0.15) is 18.9 Å². The summed E-state index contributed by atoms with van der Waals surface area (Å²) in [4.78, 5) is 12.2. The molecule has 0 aliphatic carbocycles. The molecule has 1 N–H and O–H groups in total. The smallest absolute Gasteiger partial charge is 0.265 e. The summed E-state index contributed by atoms with van der Waals surface area (Å²) in [5, 5.41) is 2.77. The van der Waals surface area contributed by atoms with Crippen LogP contribution in [0.3, 0.4) is 0 Å². The maximum Gasteiger partial charge on any atom is 0.265 e. The number of carbonyl (C=O) groups is 1. The standard InChI is InChI=1S/C17H18FNO2/c1-3-15(21-16-7-5-4-6-14(16)18)17(20)19-13-10-8-12(2)9-11-13/h4-11,15H,3H2,1-2H3,(H,19,20)/t15-/m1/s1. The second kappa shape index (κ2) is 6.88. The number of benzene rings is 2. The highest BCUT2D eigenvalue weighted by Gasteiger charge is 2.19. The number of hydrogen-bond donors (Lipinski definition) is 1. The largest absolute Gasteiger partial charge is 0.478 e. The highest BCUT2D eigenvalue weighted by molar-refractivity contribution is 5.94. The van der Waals surface area contributed by atoms with E-state index in [0.29, 0.717) is 12.1 Å². The van der Waals surface area contributed by atoms with Crippen molar-refractivity contribution < 1.29 is 13.9 Å². The minimum Gasteiger partial charge on any atom is -0.478 e. The van der Waals surface area contributed by atoms with Crippen molar-refractivity contribution in [1.29, 1.82) is 0 Å². The van der Waals surface area contributed by atoms with Crippen LogP contribution in [0.25, 0.3) is 0 Å². The minimum absolute atomic E-state index is 0.0865. The van der Waals surface area contributed by atoms with Crippen LogP contribution in [0.4, 0.5) is 10.1 Å². The molecule has 0 unspecified atom stereocenters. The molecular weight excluding hydrogens is 269 g/mol. The molecule has 2 aromatic rings. The number of aryl methyl sites for hydroxylation is 1. The fourth-order valence-electron chi connectivity index (χ4n) is 1.88. The molecule has 21 heavy (non-hydrogen) atoms. The van der Waals surface area contributed by atoms with E-state index in [-0.39, 0.29) is 11.7 Å². The zero-order valence-corrected chi connectivity index (χ0v) is 12.1. The Morgan fingerprint density at radius 3 is 2.48 bits per heavy atom. The van der Waals surface area contributed by atoms with Gasteiger partial charge in [-0.15, -0.1) is 0 Å². The maximum atomic E-state index is 13.6. The van der Waals surface area contributed by atoms with Gasteiger partial charge in [-0.3, -0.25) is 4.79 Å². The van der Waals surface area contributed by atoms with Crippen molar-refractivity contribution >= 4 is 11.6 Å². The summed E-state index contributed by atoms with van der Waals surface area (Å²) in [7, 11) is 0. The van der Waals surface area contributed by atoms with E-state index in [9.17, 15) is 9.18 Å². The third-order valence-corrected chi connectivity index (χ3v) is 3.09. The highest BCUT2D eigenvalue weighted by atomic mass is 19.1. The summed E-state index contributed by atoms with van der Waals surface area (Å²) in [6.45, 7) is 3.79. The molecule has 3 nitrogen and oxygen atoms in total. The van der Waals surface area contributed by atoms with E-state index in [4.69, 9.17) is 4.74 Å². The summed E-state index contributed by atoms with van der Waals surface area (Å²) in [6.07, 6.45) is -0.283. The third kappa shape index (κ3) is 4.05. The molecular formula is C17H18FNO2. The summed E-state index contributed by atoms with van der Waals surface area (Å²) >= 11 is 0. The fourth-order valence-corrected chi connectivity index (χ4v) is 1.88. The highest BCUT2D eigenvalue weighted by Crippen LogP contribution is 2.19. The van der Waals surface area contributed by atoms with Crippen LogP contribution >= 0.6 is 0 Å². The molecule has 4 heteroatoms. The topological polar surface area (TPSA) is 38.3 Å². The first-order valence-corrected chi connectivity index (χ1v) is 6.89. The molecule has 0 fully saturated rings. The number of nitrogens with one attached hydrogen (secondary N) is 1.